The minimum absolute atomic E-state index is 0.147. The van der Waals surface area contributed by atoms with Gasteiger partial charge in [0.05, 0.1) is 12.2 Å². The van der Waals surface area contributed by atoms with Crippen molar-refractivity contribution in [3.8, 4) is 11.3 Å². The van der Waals surface area contributed by atoms with Gasteiger partial charge < -0.3 is 5.32 Å². The number of halogens is 2. The van der Waals surface area contributed by atoms with E-state index in [2.05, 4.69) is 15.3 Å². The number of nitrogens with one attached hydrogen (secondary N) is 1. The van der Waals surface area contributed by atoms with Crippen molar-refractivity contribution in [2.24, 2.45) is 0 Å². The Morgan fingerprint density at radius 1 is 1.03 bits per heavy atom. The van der Waals surface area contributed by atoms with E-state index < -0.39 is 48.6 Å². The number of hydrogen-bond donors (Lipinski definition) is 1. The molecular weight excluding hydrogens is 430 g/mol. The zero-order valence-electron chi connectivity index (χ0n) is 17.6. The van der Waals surface area contributed by atoms with Gasteiger partial charge in [-0.1, -0.05) is 18.2 Å². The highest BCUT2D eigenvalue weighted by Crippen LogP contribution is 2.41. The van der Waals surface area contributed by atoms with E-state index in [1.807, 2.05) is 24.3 Å². The SMILES string of the molecule is O=C(CN1C(=O)NC2(CCC(F)(F)CC2)C1=O)c1ccc(-c2cccc3ccncc23)nc1. The van der Waals surface area contributed by atoms with E-state index in [1.54, 1.807) is 24.5 Å². The van der Waals surface area contributed by atoms with E-state index in [9.17, 15) is 23.2 Å². The van der Waals surface area contributed by atoms with Crippen molar-refractivity contribution in [1.29, 1.82) is 0 Å². The summed E-state index contributed by atoms with van der Waals surface area (Å²) in [5.41, 5.74) is 0.421. The van der Waals surface area contributed by atoms with Gasteiger partial charge in [0.15, 0.2) is 5.78 Å². The van der Waals surface area contributed by atoms with Crippen molar-refractivity contribution in [1.82, 2.24) is 20.2 Å². The molecule has 1 aliphatic heterocycles. The Balaban J connectivity index is 1.32. The van der Waals surface area contributed by atoms with Crippen molar-refractivity contribution < 1.29 is 23.2 Å². The van der Waals surface area contributed by atoms with Crippen LogP contribution in [-0.4, -0.2) is 50.6 Å². The fourth-order valence-electron chi connectivity index (χ4n) is 4.49. The lowest BCUT2D eigenvalue weighted by Crippen LogP contribution is -2.51. The Hall–Kier alpha value is -3.75. The number of Topliss-reactive ketones (excluding diaryl/α,β-unsaturated/α-hetero) is 1. The first-order valence-corrected chi connectivity index (χ1v) is 10.6. The lowest BCUT2D eigenvalue weighted by atomic mass is 9.80. The number of rotatable bonds is 4. The molecule has 2 aliphatic rings. The number of ketones is 1. The molecule has 1 saturated heterocycles. The molecule has 0 atom stereocenters. The minimum atomic E-state index is -2.84. The Kier molecular flexibility index (Phi) is 4.92. The zero-order chi connectivity index (χ0) is 23.2. The first-order valence-electron chi connectivity index (χ1n) is 10.6. The maximum atomic E-state index is 13.5. The highest BCUT2D eigenvalue weighted by atomic mass is 19.3. The second-order valence-electron chi connectivity index (χ2n) is 8.52. The van der Waals surface area contributed by atoms with Crippen LogP contribution in [0, 0.1) is 0 Å². The number of fused-ring (bicyclic) bond motifs is 1. The molecular formula is C24H20F2N4O3. The molecule has 1 saturated carbocycles. The van der Waals surface area contributed by atoms with Gasteiger partial charge in [0.2, 0.25) is 5.92 Å². The third-order valence-electron chi connectivity index (χ3n) is 6.43. The smallest absolute Gasteiger partial charge is 0.323 e. The molecule has 1 aromatic carbocycles. The number of aromatic nitrogens is 2. The zero-order valence-corrected chi connectivity index (χ0v) is 17.6. The van der Waals surface area contributed by atoms with E-state index in [4.69, 9.17) is 0 Å². The predicted octanol–water partition coefficient (Wildman–Crippen LogP) is 3.98. The maximum Gasteiger partial charge on any atom is 0.325 e. The van der Waals surface area contributed by atoms with Crippen LogP contribution in [-0.2, 0) is 4.79 Å². The average molecular weight is 450 g/mol. The topological polar surface area (TPSA) is 92.3 Å². The Bertz CT molecular complexity index is 1260. The van der Waals surface area contributed by atoms with Gasteiger partial charge in [-0.15, -0.1) is 0 Å². The molecule has 5 rings (SSSR count). The summed E-state index contributed by atoms with van der Waals surface area (Å²) in [4.78, 5) is 47.4. The van der Waals surface area contributed by atoms with Gasteiger partial charge in [-0.05, 0) is 36.4 Å². The van der Waals surface area contributed by atoms with Crippen molar-refractivity contribution in [3.63, 3.8) is 0 Å². The molecule has 3 amide bonds. The van der Waals surface area contributed by atoms with Crippen LogP contribution in [0.3, 0.4) is 0 Å². The molecule has 1 N–H and O–H groups in total. The van der Waals surface area contributed by atoms with Crippen molar-refractivity contribution in [3.05, 3.63) is 60.6 Å². The second kappa shape index (κ2) is 7.68. The number of imide groups is 1. The van der Waals surface area contributed by atoms with Gasteiger partial charge in [0.1, 0.15) is 5.54 Å². The van der Waals surface area contributed by atoms with Crippen LogP contribution in [0.5, 0.6) is 0 Å². The van der Waals surface area contributed by atoms with E-state index >= 15 is 0 Å². The average Bonchev–Trinajstić information content (AvgIpc) is 3.05. The number of hydrogen-bond acceptors (Lipinski definition) is 5. The summed E-state index contributed by atoms with van der Waals surface area (Å²) < 4.78 is 27.1. The minimum Gasteiger partial charge on any atom is -0.323 e. The van der Waals surface area contributed by atoms with Crippen LogP contribution in [0.15, 0.2) is 55.0 Å². The summed E-state index contributed by atoms with van der Waals surface area (Å²) in [7, 11) is 0. The molecule has 0 bridgehead atoms. The van der Waals surface area contributed by atoms with Crippen LogP contribution in [0.2, 0.25) is 0 Å². The van der Waals surface area contributed by atoms with Gasteiger partial charge >= 0.3 is 6.03 Å². The number of carbonyl (C=O) groups excluding carboxylic acids is 3. The standard InChI is InChI=1S/C24H20F2N4O3/c25-24(26)9-7-23(8-10-24)21(32)30(22(33)29-23)14-20(31)16-4-5-19(28-12-16)17-3-1-2-15-6-11-27-13-18(15)17/h1-6,11-13H,7-10,14H2,(H,29,33). The lowest BCUT2D eigenvalue weighted by Gasteiger charge is -2.34. The van der Waals surface area contributed by atoms with Crippen molar-refractivity contribution >= 4 is 28.5 Å². The van der Waals surface area contributed by atoms with Crippen LogP contribution in [0.1, 0.15) is 36.0 Å². The highest BCUT2D eigenvalue weighted by molar-refractivity contribution is 6.11. The monoisotopic (exact) mass is 450 g/mol. The van der Waals surface area contributed by atoms with E-state index in [1.165, 1.54) is 6.20 Å². The second-order valence-corrected chi connectivity index (χ2v) is 8.52. The number of carbonyl (C=O) groups is 3. The molecule has 9 heteroatoms. The van der Waals surface area contributed by atoms with Crippen LogP contribution < -0.4 is 5.32 Å². The number of pyridine rings is 2. The van der Waals surface area contributed by atoms with E-state index in [-0.39, 0.29) is 18.4 Å². The Morgan fingerprint density at radius 3 is 2.55 bits per heavy atom. The van der Waals surface area contributed by atoms with E-state index in [0.29, 0.717) is 5.69 Å². The molecule has 1 spiro atoms. The predicted molar refractivity (Wildman–Crippen MR) is 116 cm³/mol. The van der Waals surface area contributed by atoms with Crippen LogP contribution in [0.25, 0.3) is 22.0 Å². The maximum absolute atomic E-state index is 13.5. The van der Waals surface area contributed by atoms with Gasteiger partial charge in [-0.2, -0.15) is 0 Å². The fraction of sp³-hybridized carbons (Fsp3) is 0.292. The highest BCUT2D eigenvalue weighted by Gasteiger charge is 2.55. The van der Waals surface area contributed by atoms with Crippen molar-refractivity contribution in [2.45, 2.75) is 37.1 Å². The fourth-order valence-corrected chi connectivity index (χ4v) is 4.49. The molecule has 2 aromatic heterocycles. The molecule has 2 fully saturated rings. The van der Waals surface area contributed by atoms with Crippen LogP contribution >= 0.6 is 0 Å². The van der Waals surface area contributed by atoms with Crippen molar-refractivity contribution in [2.75, 3.05) is 6.54 Å². The molecule has 3 heterocycles. The summed E-state index contributed by atoms with van der Waals surface area (Å²) in [6, 6.07) is 10.2. The third-order valence-corrected chi connectivity index (χ3v) is 6.43. The van der Waals surface area contributed by atoms with E-state index in [0.717, 1.165) is 21.2 Å². The summed E-state index contributed by atoms with van der Waals surface area (Å²) in [6.07, 6.45) is 3.62. The Labute approximate surface area is 187 Å². The number of benzene rings is 1. The molecule has 3 aromatic rings. The van der Waals surface area contributed by atoms with Crippen LogP contribution in [0.4, 0.5) is 13.6 Å². The summed E-state index contributed by atoms with van der Waals surface area (Å²) >= 11 is 0. The third kappa shape index (κ3) is 3.73. The van der Waals surface area contributed by atoms with Gasteiger partial charge in [-0.25, -0.2) is 13.6 Å². The summed E-state index contributed by atoms with van der Waals surface area (Å²) in [5.74, 6) is -3.92. The first kappa shape index (κ1) is 21.1. The summed E-state index contributed by atoms with van der Waals surface area (Å²) in [6.45, 7) is -0.470. The molecule has 168 valence electrons. The molecule has 33 heavy (non-hydrogen) atoms. The largest absolute Gasteiger partial charge is 0.325 e. The molecule has 0 unspecified atom stereocenters. The van der Waals surface area contributed by atoms with Gasteiger partial charge in [-0.3, -0.25) is 24.5 Å². The number of alkyl halides is 2. The lowest BCUT2D eigenvalue weighted by molar-refractivity contribution is -0.135. The normalized spacial score (nSPS) is 19.2. The molecule has 1 aliphatic carbocycles. The first-order chi connectivity index (χ1) is 15.8. The number of amides is 3. The molecule has 7 nitrogen and oxygen atoms in total. The van der Waals surface area contributed by atoms with Gasteiger partial charge in [0, 0.05) is 47.9 Å². The quantitative estimate of drug-likeness (QED) is 0.480. The van der Waals surface area contributed by atoms with Gasteiger partial charge in [0.25, 0.3) is 5.91 Å². The summed E-state index contributed by atoms with van der Waals surface area (Å²) in [5, 5.41) is 4.48. The molecule has 0 radical (unpaired) electrons. The number of nitrogens with zero attached hydrogens (tertiary/aromatic N) is 3. The Morgan fingerprint density at radius 2 is 1.82 bits per heavy atom. The number of urea groups is 1.